The number of rotatable bonds is 5. The third-order valence-electron chi connectivity index (χ3n) is 4.92. The normalized spacial score (nSPS) is 17.1. The van der Waals surface area contributed by atoms with Crippen molar-refractivity contribution in [1.29, 1.82) is 0 Å². The molecule has 0 unspecified atom stereocenters. The summed E-state index contributed by atoms with van der Waals surface area (Å²) in [6.45, 7) is 10.1. The van der Waals surface area contributed by atoms with Crippen LogP contribution in [0.4, 0.5) is 5.69 Å². The average Bonchev–Trinajstić information content (AvgIpc) is 2.51. The first kappa shape index (κ1) is 16.8. The molecule has 1 aliphatic rings. The van der Waals surface area contributed by atoms with E-state index in [9.17, 15) is 4.79 Å². The quantitative estimate of drug-likeness (QED) is 0.848. The minimum absolute atomic E-state index is 0.125. The van der Waals surface area contributed by atoms with Gasteiger partial charge in [0.05, 0.1) is 26.7 Å². The number of amides is 1. The molecule has 1 fully saturated rings. The number of nitrogens with one attached hydrogen (secondary N) is 1. The van der Waals surface area contributed by atoms with Crippen LogP contribution in [-0.2, 0) is 4.79 Å². The fourth-order valence-electron chi connectivity index (χ4n) is 3.49. The van der Waals surface area contributed by atoms with Crippen molar-refractivity contribution in [1.82, 2.24) is 0 Å². The molecule has 0 radical (unpaired) electrons. The van der Waals surface area contributed by atoms with E-state index in [-0.39, 0.29) is 5.91 Å². The topological polar surface area (TPSA) is 38.3 Å². The number of piperidine rings is 1. The lowest BCUT2D eigenvalue weighted by Gasteiger charge is -2.40. The first-order chi connectivity index (χ1) is 10.5. The van der Waals surface area contributed by atoms with E-state index in [4.69, 9.17) is 4.74 Å². The number of benzene rings is 1. The Bertz CT molecular complexity index is 511. The van der Waals surface area contributed by atoms with Gasteiger partial charge >= 0.3 is 0 Å². The van der Waals surface area contributed by atoms with Gasteiger partial charge in [-0.15, -0.1) is 0 Å². The van der Waals surface area contributed by atoms with Crippen LogP contribution >= 0.6 is 0 Å². The molecule has 0 spiro atoms. The fourth-order valence-corrected chi connectivity index (χ4v) is 3.49. The molecule has 0 saturated carbocycles. The van der Waals surface area contributed by atoms with Gasteiger partial charge in [-0.05, 0) is 63.3 Å². The van der Waals surface area contributed by atoms with Crippen molar-refractivity contribution >= 4 is 11.6 Å². The second kappa shape index (κ2) is 7.14. The number of likely N-dealkylation sites (N-methyl/N-ethyl adjacent to an activating group) is 1. The molecule has 1 aliphatic heterocycles. The number of hydrogen-bond acceptors (Lipinski definition) is 2. The van der Waals surface area contributed by atoms with E-state index in [1.54, 1.807) is 7.11 Å². The molecule has 0 aromatic heterocycles. The number of ether oxygens (including phenoxy) is 1. The molecular weight excluding hydrogens is 276 g/mol. The van der Waals surface area contributed by atoms with Gasteiger partial charge in [-0.2, -0.15) is 0 Å². The summed E-state index contributed by atoms with van der Waals surface area (Å²) in [6.07, 6.45) is 3.78. The highest BCUT2D eigenvalue weighted by molar-refractivity contribution is 5.93. The highest BCUT2D eigenvalue weighted by Gasteiger charge is 2.30. The smallest absolute Gasteiger partial charge is 0.279 e. The zero-order valence-corrected chi connectivity index (χ0v) is 14.4. The fraction of sp³-hybridized carbons (Fsp3) is 0.611. The molecule has 4 nitrogen and oxygen atoms in total. The van der Waals surface area contributed by atoms with E-state index in [1.165, 1.54) is 19.3 Å². The summed E-state index contributed by atoms with van der Waals surface area (Å²) in [7, 11) is 1.66. The zero-order chi connectivity index (χ0) is 16.2. The van der Waals surface area contributed by atoms with Gasteiger partial charge in [-0.3, -0.25) is 4.79 Å². The van der Waals surface area contributed by atoms with Crippen molar-refractivity contribution in [2.24, 2.45) is 0 Å². The Morgan fingerprint density at radius 2 is 1.77 bits per heavy atom. The summed E-state index contributed by atoms with van der Waals surface area (Å²) in [4.78, 5) is 12.5. The van der Waals surface area contributed by atoms with Crippen LogP contribution < -0.4 is 10.1 Å². The van der Waals surface area contributed by atoms with E-state index in [0.29, 0.717) is 6.54 Å². The third kappa shape index (κ3) is 3.80. The van der Waals surface area contributed by atoms with Crippen LogP contribution in [0, 0.1) is 13.8 Å². The van der Waals surface area contributed by atoms with Crippen LogP contribution in [0.1, 0.15) is 37.3 Å². The van der Waals surface area contributed by atoms with Gasteiger partial charge in [0.25, 0.3) is 5.91 Å². The molecule has 1 N–H and O–H groups in total. The maximum atomic E-state index is 12.5. The van der Waals surface area contributed by atoms with Gasteiger partial charge in [0.2, 0.25) is 0 Å². The molecule has 1 amide bonds. The highest BCUT2D eigenvalue weighted by atomic mass is 16.5. The van der Waals surface area contributed by atoms with Crippen molar-refractivity contribution < 1.29 is 14.0 Å². The van der Waals surface area contributed by atoms with Crippen LogP contribution in [0.3, 0.4) is 0 Å². The minimum Gasteiger partial charge on any atom is -0.497 e. The Hall–Kier alpha value is -1.55. The standard InChI is InChI=1S/C18H28N2O2/c1-5-20(9-7-6-8-10-20)13-17(21)19-18-14(2)11-16(22-4)12-15(18)3/h11-12H,5-10,13H2,1-4H3/p+1. The van der Waals surface area contributed by atoms with Crippen molar-refractivity contribution in [3.05, 3.63) is 23.3 Å². The van der Waals surface area contributed by atoms with E-state index >= 15 is 0 Å². The molecule has 1 aromatic carbocycles. The second-order valence-electron chi connectivity index (χ2n) is 6.51. The summed E-state index contributed by atoms with van der Waals surface area (Å²) in [5.41, 5.74) is 3.02. The first-order valence-corrected chi connectivity index (χ1v) is 8.30. The molecule has 122 valence electrons. The van der Waals surface area contributed by atoms with E-state index in [2.05, 4.69) is 12.2 Å². The first-order valence-electron chi connectivity index (χ1n) is 8.30. The summed E-state index contributed by atoms with van der Waals surface area (Å²) < 4.78 is 6.21. The number of methoxy groups -OCH3 is 1. The van der Waals surface area contributed by atoms with Gasteiger partial charge in [-0.1, -0.05) is 0 Å². The lowest BCUT2D eigenvalue weighted by Crippen LogP contribution is -2.55. The van der Waals surface area contributed by atoms with Gasteiger partial charge in [-0.25, -0.2) is 0 Å². The van der Waals surface area contributed by atoms with E-state index in [1.807, 2.05) is 26.0 Å². The minimum atomic E-state index is 0.125. The Balaban J connectivity index is 2.08. The Morgan fingerprint density at radius 1 is 1.18 bits per heavy atom. The second-order valence-corrected chi connectivity index (χ2v) is 6.51. The average molecular weight is 305 g/mol. The number of quaternary nitrogens is 1. The number of carbonyl (C=O) groups excluding carboxylic acids is 1. The molecule has 1 aromatic rings. The Morgan fingerprint density at radius 3 is 2.27 bits per heavy atom. The SMILES string of the molecule is CC[N+]1(CC(=O)Nc2c(C)cc(OC)cc2C)CCCCC1. The molecule has 1 heterocycles. The molecule has 0 bridgehead atoms. The molecule has 22 heavy (non-hydrogen) atoms. The Kier molecular flexibility index (Phi) is 5.46. The van der Waals surface area contributed by atoms with Gasteiger partial charge < -0.3 is 14.5 Å². The predicted molar refractivity (Wildman–Crippen MR) is 90.4 cm³/mol. The van der Waals surface area contributed by atoms with Crippen LogP contribution in [0.5, 0.6) is 5.75 Å². The van der Waals surface area contributed by atoms with Crippen LogP contribution in [-0.4, -0.2) is 43.7 Å². The maximum absolute atomic E-state index is 12.5. The highest BCUT2D eigenvalue weighted by Crippen LogP contribution is 2.26. The molecule has 4 heteroatoms. The third-order valence-corrected chi connectivity index (χ3v) is 4.92. The van der Waals surface area contributed by atoms with Crippen LogP contribution in [0.25, 0.3) is 0 Å². The van der Waals surface area contributed by atoms with Crippen molar-refractivity contribution in [3.63, 3.8) is 0 Å². The van der Waals surface area contributed by atoms with E-state index < -0.39 is 0 Å². The van der Waals surface area contributed by atoms with Crippen LogP contribution in [0.2, 0.25) is 0 Å². The molecular formula is C18H29N2O2+. The molecule has 0 aliphatic carbocycles. The zero-order valence-electron chi connectivity index (χ0n) is 14.4. The Labute approximate surface area is 134 Å². The number of anilines is 1. The van der Waals surface area contributed by atoms with Gasteiger partial charge in [0.15, 0.2) is 6.54 Å². The molecule has 1 saturated heterocycles. The maximum Gasteiger partial charge on any atom is 0.279 e. The largest absolute Gasteiger partial charge is 0.497 e. The van der Waals surface area contributed by atoms with Crippen molar-refractivity contribution in [2.75, 3.05) is 38.6 Å². The molecule has 0 atom stereocenters. The monoisotopic (exact) mass is 305 g/mol. The summed E-state index contributed by atoms with van der Waals surface area (Å²) in [5, 5.41) is 3.13. The summed E-state index contributed by atoms with van der Waals surface area (Å²) >= 11 is 0. The predicted octanol–water partition coefficient (Wildman–Crippen LogP) is 3.27. The lowest BCUT2D eigenvalue weighted by molar-refractivity contribution is -0.923. The lowest BCUT2D eigenvalue weighted by atomic mass is 10.1. The van der Waals surface area contributed by atoms with Gasteiger partial charge in [0, 0.05) is 5.69 Å². The van der Waals surface area contributed by atoms with Crippen molar-refractivity contribution in [2.45, 2.75) is 40.0 Å². The number of likely N-dealkylation sites (tertiary alicyclic amines) is 1. The van der Waals surface area contributed by atoms with Gasteiger partial charge in [0.1, 0.15) is 5.75 Å². The van der Waals surface area contributed by atoms with E-state index in [0.717, 1.165) is 46.7 Å². The molecule has 2 rings (SSSR count). The number of aryl methyl sites for hydroxylation is 2. The summed E-state index contributed by atoms with van der Waals surface area (Å²) in [5.74, 6) is 0.959. The number of carbonyl (C=O) groups is 1. The number of hydrogen-bond donors (Lipinski definition) is 1. The van der Waals surface area contributed by atoms with Crippen molar-refractivity contribution in [3.8, 4) is 5.75 Å². The number of nitrogens with zero attached hydrogens (tertiary/aromatic N) is 1. The van der Waals surface area contributed by atoms with Crippen LogP contribution in [0.15, 0.2) is 12.1 Å². The summed E-state index contributed by atoms with van der Waals surface area (Å²) in [6, 6.07) is 3.93.